The molecule has 108 valence electrons. The Morgan fingerprint density at radius 1 is 1.29 bits per heavy atom. The minimum absolute atomic E-state index is 0.0998. The Morgan fingerprint density at radius 3 is 2.86 bits per heavy atom. The molecule has 0 aliphatic carbocycles. The number of rotatable bonds is 1. The number of hydrogen-bond donors (Lipinski definition) is 1. The van der Waals surface area contributed by atoms with Crippen molar-refractivity contribution in [3.05, 3.63) is 58.1 Å². The Kier molecular flexibility index (Phi) is 3.60. The zero-order valence-corrected chi connectivity index (χ0v) is 12.5. The number of phenols is 1. The number of amides is 1. The highest BCUT2D eigenvalue weighted by Crippen LogP contribution is 2.36. The van der Waals surface area contributed by atoms with Gasteiger partial charge in [0.1, 0.15) is 5.75 Å². The van der Waals surface area contributed by atoms with Gasteiger partial charge in [0.15, 0.2) is 0 Å². The van der Waals surface area contributed by atoms with Crippen molar-refractivity contribution < 1.29 is 9.90 Å². The standard InChI is InChI=1S/C17H16ClNO2/c1-11-10-13(7-8-14(11)18)17(21)19-9-3-5-12-4-2-6-15(20)16(12)19/h2,4,6-8,10,20H,3,5,9H2,1H3. The Labute approximate surface area is 128 Å². The van der Waals surface area contributed by atoms with E-state index in [1.54, 1.807) is 29.2 Å². The molecule has 0 fully saturated rings. The van der Waals surface area contributed by atoms with Gasteiger partial charge in [-0.1, -0.05) is 23.7 Å². The first-order valence-corrected chi connectivity index (χ1v) is 7.34. The van der Waals surface area contributed by atoms with Crippen LogP contribution in [0.25, 0.3) is 0 Å². The zero-order chi connectivity index (χ0) is 15.0. The summed E-state index contributed by atoms with van der Waals surface area (Å²) in [6, 6.07) is 10.7. The molecular weight excluding hydrogens is 286 g/mol. The SMILES string of the molecule is Cc1cc(C(=O)N2CCCc3cccc(O)c32)ccc1Cl. The second-order valence-corrected chi connectivity index (χ2v) is 5.72. The van der Waals surface area contributed by atoms with Crippen molar-refractivity contribution in [3.8, 4) is 5.75 Å². The van der Waals surface area contributed by atoms with Gasteiger partial charge in [-0.25, -0.2) is 0 Å². The van der Waals surface area contributed by atoms with Crippen molar-refractivity contribution in [2.75, 3.05) is 11.4 Å². The van der Waals surface area contributed by atoms with Gasteiger partial charge in [0.25, 0.3) is 5.91 Å². The van der Waals surface area contributed by atoms with Gasteiger partial charge in [0.2, 0.25) is 0 Å². The number of carbonyl (C=O) groups is 1. The molecule has 0 aromatic heterocycles. The molecular formula is C17H16ClNO2. The number of halogens is 1. The van der Waals surface area contributed by atoms with Gasteiger partial charge in [-0.15, -0.1) is 0 Å². The van der Waals surface area contributed by atoms with Crippen LogP contribution >= 0.6 is 11.6 Å². The van der Waals surface area contributed by atoms with Crippen LogP contribution in [0.5, 0.6) is 5.75 Å². The van der Waals surface area contributed by atoms with Crippen LogP contribution in [0.2, 0.25) is 5.02 Å². The molecule has 0 atom stereocenters. The Balaban J connectivity index is 2.02. The van der Waals surface area contributed by atoms with Crippen LogP contribution in [0.1, 0.15) is 27.9 Å². The van der Waals surface area contributed by atoms with Crippen LogP contribution in [0.4, 0.5) is 5.69 Å². The van der Waals surface area contributed by atoms with E-state index in [1.165, 1.54) is 0 Å². The maximum Gasteiger partial charge on any atom is 0.258 e. The molecule has 2 aromatic carbocycles. The molecule has 3 rings (SSSR count). The van der Waals surface area contributed by atoms with Crippen LogP contribution in [-0.4, -0.2) is 17.6 Å². The lowest BCUT2D eigenvalue weighted by atomic mass is 9.99. The minimum Gasteiger partial charge on any atom is -0.506 e. The van der Waals surface area contributed by atoms with Gasteiger partial charge in [-0.05, 0) is 55.2 Å². The summed E-state index contributed by atoms with van der Waals surface area (Å²) in [6.07, 6.45) is 1.78. The fourth-order valence-corrected chi connectivity index (χ4v) is 2.88. The number of para-hydroxylation sites is 1. The number of aromatic hydroxyl groups is 1. The fourth-order valence-electron chi connectivity index (χ4n) is 2.77. The number of anilines is 1. The van der Waals surface area contributed by atoms with Crippen LogP contribution in [-0.2, 0) is 6.42 Å². The van der Waals surface area contributed by atoms with E-state index in [2.05, 4.69) is 0 Å². The monoisotopic (exact) mass is 301 g/mol. The number of fused-ring (bicyclic) bond motifs is 1. The number of benzene rings is 2. The molecule has 1 aliphatic rings. The van der Waals surface area contributed by atoms with Gasteiger partial charge in [0, 0.05) is 17.1 Å². The van der Waals surface area contributed by atoms with Crippen molar-refractivity contribution in [3.63, 3.8) is 0 Å². The highest BCUT2D eigenvalue weighted by Gasteiger charge is 2.26. The summed E-state index contributed by atoms with van der Waals surface area (Å²) in [7, 11) is 0. The highest BCUT2D eigenvalue weighted by atomic mass is 35.5. The number of phenolic OH excluding ortho intramolecular Hbond substituents is 1. The normalized spacial score (nSPS) is 13.9. The molecule has 4 heteroatoms. The molecule has 1 N–H and O–H groups in total. The van der Waals surface area contributed by atoms with E-state index < -0.39 is 0 Å². The van der Waals surface area contributed by atoms with E-state index in [-0.39, 0.29) is 11.7 Å². The number of hydrogen-bond acceptors (Lipinski definition) is 2. The highest BCUT2D eigenvalue weighted by molar-refractivity contribution is 6.31. The van der Waals surface area contributed by atoms with Crippen LogP contribution < -0.4 is 4.90 Å². The topological polar surface area (TPSA) is 40.5 Å². The molecule has 0 saturated carbocycles. The molecule has 2 aromatic rings. The van der Waals surface area contributed by atoms with E-state index >= 15 is 0 Å². The third-order valence-electron chi connectivity index (χ3n) is 3.85. The Hall–Kier alpha value is -2.00. The van der Waals surface area contributed by atoms with Crippen LogP contribution in [0.15, 0.2) is 36.4 Å². The van der Waals surface area contributed by atoms with Crippen LogP contribution in [0, 0.1) is 6.92 Å². The summed E-state index contributed by atoms with van der Waals surface area (Å²) in [5.74, 6) is 0.0588. The summed E-state index contributed by atoms with van der Waals surface area (Å²) in [5, 5.41) is 10.8. The summed E-state index contributed by atoms with van der Waals surface area (Å²) in [6.45, 7) is 2.49. The lowest BCUT2D eigenvalue weighted by Crippen LogP contribution is -2.35. The van der Waals surface area contributed by atoms with Crippen molar-refractivity contribution in [1.29, 1.82) is 0 Å². The summed E-state index contributed by atoms with van der Waals surface area (Å²) < 4.78 is 0. The Morgan fingerprint density at radius 2 is 2.10 bits per heavy atom. The van der Waals surface area contributed by atoms with E-state index in [9.17, 15) is 9.90 Å². The van der Waals surface area contributed by atoms with E-state index in [0.717, 1.165) is 24.0 Å². The molecule has 1 heterocycles. The number of carbonyl (C=O) groups excluding carboxylic acids is 1. The molecule has 1 aliphatic heterocycles. The first-order chi connectivity index (χ1) is 10.1. The quantitative estimate of drug-likeness (QED) is 0.866. The fraction of sp³-hybridized carbons (Fsp3) is 0.235. The largest absolute Gasteiger partial charge is 0.506 e. The first-order valence-electron chi connectivity index (χ1n) is 6.97. The first kappa shape index (κ1) is 14.0. The third-order valence-corrected chi connectivity index (χ3v) is 4.27. The predicted octanol–water partition coefficient (Wildman–Crippen LogP) is 3.95. The van der Waals surface area contributed by atoms with Gasteiger partial charge >= 0.3 is 0 Å². The predicted molar refractivity (Wildman–Crippen MR) is 84.3 cm³/mol. The van der Waals surface area contributed by atoms with Gasteiger partial charge in [-0.2, -0.15) is 0 Å². The van der Waals surface area contributed by atoms with Crippen molar-refractivity contribution in [2.45, 2.75) is 19.8 Å². The number of aryl methyl sites for hydroxylation is 2. The molecule has 1 amide bonds. The second-order valence-electron chi connectivity index (χ2n) is 5.31. The third kappa shape index (κ3) is 2.49. The summed E-state index contributed by atoms with van der Waals surface area (Å²) in [5.41, 5.74) is 3.12. The van der Waals surface area contributed by atoms with E-state index in [0.29, 0.717) is 22.8 Å². The average Bonchev–Trinajstić information content (AvgIpc) is 2.49. The average molecular weight is 302 g/mol. The van der Waals surface area contributed by atoms with Gasteiger partial charge in [-0.3, -0.25) is 4.79 Å². The van der Waals surface area contributed by atoms with E-state index in [4.69, 9.17) is 11.6 Å². The zero-order valence-electron chi connectivity index (χ0n) is 11.8. The summed E-state index contributed by atoms with van der Waals surface area (Å²) >= 11 is 6.01. The van der Waals surface area contributed by atoms with E-state index in [1.807, 2.05) is 19.1 Å². The van der Waals surface area contributed by atoms with Gasteiger partial charge in [0.05, 0.1) is 5.69 Å². The molecule has 0 bridgehead atoms. The number of nitrogens with zero attached hydrogens (tertiary/aromatic N) is 1. The van der Waals surface area contributed by atoms with Gasteiger partial charge < -0.3 is 10.0 Å². The molecule has 0 unspecified atom stereocenters. The second kappa shape index (κ2) is 5.41. The Bertz CT molecular complexity index is 712. The molecule has 0 radical (unpaired) electrons. The molecule has 3 nitrogen and oxygen atoms in total. The molecule has 0 saturated heterocycles. The lowest BCUT2D eigenvalue weighted by Gasteiger charge is -2.30. The van der Waals surface area contributed by atoms with Crippen molar-refractivity contribution >= 4 is 23.2 Å². The minimum atomic E-state index is -0.0998. The smallest absolute Gasteiger partial charge is 0.258 e. The summed E-state index contributed by atoms with van der Waals surface area (Å²) in [4.78, 5) is 14.4. The maximum atomic E-state index is 12.7. The maximum absolute atomic E-state index is 12.7. The van der Waals surface area contributed by atoms with Crippen LogP contribution in [0.3, 0.4) is 0 Å². The van der Waals surface area contributed by atoms with Crippen molar-refractivity contribution in [2.24, 2.45) is 0 Å². The molecule has 0 spiro atoms. The van der Waals surface area contributed by atoms with Crippen molar-refractivity contribution in [1.82, 2.24) is 0 Å². The lowest BCUT2D eigenvalue weighted by molar-refractivity contribution is 0.0984. The molecule has 21 heavy (non-hydrogen) atoms.